The van der Waals surface area contributed by atoms with E-state index in [2.05, 4.69) is 33.0 Å². The van der Waals surface area contributed by atoms with E-state index in [4.69, 9.17) is 0 Å². The Morgan fingerprint density at radius 1 is 1.16 bits per heavy atom. The first kappa shape index (κ1) is 13.1. The fourth-order valence-electron chi connectivity index (χ4n) is 3.60. The average molecular weight is 262 g/mol. The molecule has 0 unspecified atom stereocenters. The summed E-state index contributed by atoms with van der Waals surface area (Å²) in [6.45, 7) is 5.95. The predicted octanol–water partition coefficient (Wildman–Crippen LogP) is 2.98. The van der Waals surface area contributed by atoms with E-state index in [9.17, 15) is 0 Å². The summed E-state index contributed by atoms with van der Waals surface area (Å²) in [4.78, 5) is 2.57. The van der Waals surface area contributed by atoms with Crippen LogP contribution in [0, 0.1) is 0 Å². The van der Waals surface area contributed by atoms with E-state index in [1.807, 2.05) is 0 Å². The van der Waals surface area contributed by atoms with Gasteiger partial charge in [0.2, 0.25) is 0 Å². The van der Waals surface area contributed by atoms with Gasteiger partial charge in [-0.2, -0.15) is 0 Å². The van der Waals surface area contributed by atoms with Crippen LogP contribution in [0.4, 0.5) is 0 Å². The number of hydrogen-bond acceptors (Lipinski definition) is 3. The van der Waals surface area contributed by atoms with Crippen LogP contribution in [-0.2, 0) is 0 Å². The lowest BCUT2D eigenvalue weighted by molar-refractivity contribution is 0.179. The predicted molar refractivity (Wildman–Crippen MR) is 76.2 cm³/mol. The molecule has 1 aliphatic carbocycles. The van der Waals surface area contributed by atoms with Crippen molar-refractivity contribution >= 4 is 0 Å². The van der Waals surface area contributed by atoms with E-state index < -0.39 is 0 Å². The molecule has 0 atom stereocenters. The molecule has 2 aliphatic rings. The normalized spacial score (nSPS) is 23.2. The second kappa shape index (κ2) is 6.04. The highest BCUT2D eigenvalue weighted by Crippen LogP contribution is 2.33. The number of aromatic nitrogens is 3. The lowest BCUT2D eigenvalue weighted by atomic mass is 10.0. The molecule has 106 valence electrons. The van der Waals surface area contributed by atoms with Crippen molar-refractivity contribution in [1.82, 2.24) is 19.9 Å². The van der Waals surface area contributed by atoms with Gasteiger partial charge >= 0.3 is 0 Å². The lowest BCUT2D eigenvalue weighted by Crippen LogP contribution is -2.35. The van der Waals surface area contributed by atoms with Crippen LogP contribution in [0.2, 0.25) is 0 Å². The maximum Gasteiger partial charge on any atom is 0.0858 e. The van der Waals surface area contributed by atoms with Crippen molar-refractivity contribution in [2.24, 2.45) is 0 Å². The summed E-state index contributed by atoms with van der Waals surface area (Å²) >= 11 is 0. The molecule has 0 amide bonds. The third-order valence-corrected chi connectivity index (χ3v) is 4.77. The Morgan fingerprint density at radius 3 is 2.58 bits per heavy atom. The lowest BCUT2D eigenvalue weighted by Gasteiger charge is -2.31. The van der Waals surface area contributed by atoms with Crippen molar-refractivity contribution in [1.29, 1.82) is 0 Å². The van der Waals surface area contributed by atoms with Gasteiger partial charge in [0.25, 0.3) is 0 Å². The Kier molecular flexibility index (Phi) is 4.16. The van der Waals surface area contributed by atoms with Crippen LogP contribution in [0.5, 0.6) is 0 Å². The Hall–Kier alpha value is -0.900. The maximum atomic E-state index is 4.43. The van der Waals surface area contributed by atoms with Gasteiger partial charge in [-0.1, -0.05) is 25.0 Å². The summed E-state index contributed by atoms with van der Waals surface area (Å²) in [6.07, 6.45) is 11.3. The van der Waals surface area contributed by atoms with Crippen LogP contribution in [0.25, 0.3) is 0 Å². The molecule has 1 saturated carbocycles. The van der Waals surface area contributed by atoms with E-state index in [-0.39, 0.29) is 0 Å². The van der Waals surface area contributed by atoms with E-state index in [0.717, 1.165) is 0 Å². The Balaban J connectivity index is 1.58. The number of nitrogens with zero attached hydrogens (tertiary/aromatic N) is 4. The van der Waals surface area contributed by atoms with E-state index in [1.54, 1.807) is 0 Å². The van der Waals surface area contributed by atoms with Gasteiger partial charge in [-0.25, -0.2) is 4.68 Å². The molecule has 0 N–H and O–H groups in total. The highest BCUT2D eigenvalue weighted by Gasteiger charge is 2.24. The van der Waals surface area contributed by atoms with Gasteiger partial charge in [-0.15, -0.1) is 5.10 Å². The standard InChI is InChI=1S/C15H26N4/c1-2-9-18-10-7-14(8-11-18)19-12-15(16-17-19)13-5-3-4-6-13/h12-14H,2-11H2,1H3. The average Bonchev–Trinajstić information content (AvgIpc) is 3.11. The molecule has 1 aromatic rings. The van der Waals surface area contributed by atoms with E-state index >= 15 is 0 Å². The van der Waals surface area contributed by atoms with Gasteiger partial charge in [0, 0.05) is 25.2 Å². The fraction of sp³-hybridized carbons (Fsp3) is 0.867. The van der Waals surface area contributed by atoms with E-state index in [1.165, 1.54) is 70.3 Å². The fourth-order valence-corrected chi connectivity index (χ4v) is 3.60. The Labute approximate surface area is 116 Å². The highest BCUT2D eigenvalue weighted by molar-refractivity contribution is 5.04. The SMILES string of the molecule is CCCN1CCC(n2cc(C3CCCC3)nn2)CC1. The molecule has 4 heteroatoms. The van der Waals surface area contributed by atoms with Crippen LogP contribution in [0.1, 0.15) is 69.5 Å². The third-order valence-electron chi connectivity index (χ3n) is 4.77. The van der Waals surface area contributed by atoms with Crippen LogP contribution in [0.15, 0.2) is 6.20 Å². The van der Waals surface area contributed by atoms with Crippen LogP contribution < -0.4 is 0 Å². The zero-order chi connectivity index (χ0) is 13.1. The number of hydrogen-bond donors (Lipinski definition) is 0. The van der Waals surface area contributed by atoms with Gasteiger partial charge < -0.3 is 4.90 Å². The summed E-state index contributed by atoms with van der Waals surface area (Å²) in [7, 11) is 0. The molecule has 2 heterocycles. The van der Waals surface area contributed by atoms with Gasteiger partial charge in [0.05, 0.1) is 11.7 Å². The quantitative estimate of drug-likeness (QED) is 0.836. The van der Waals surface area contributed by atoms with Crippen LogP contribution in [0.3, 0.4) is 0 Å². The van der Waals surface area contributed by atoms with Crippen molar-refractivity contribution in [2.45, 2.75) is 63.8 Å². The van der Waals surface area contributed by atoms with Crippen LogP contribution >= 0.6 is 0 Å². The minimum absolute atomic E-state index is 0.579. The van der Waals surface area contributed by atoms with Crippen molar-refractivity contribution < 1.29 is 0 Å². The molecule has 2 fully saturated rings. The molecule has 3 rings (SSSR count). The summed E-state index contributed by atoms with van der Waals surface area (Å²) in [5, 5.41) is 8.83. The topological polar surface area (TPSA) is 34.0 Å². The van der Waals surface area contributed by atoms with Gasteiger partial charge in [0.15, 0.2) is 0 Å². The first-order chi connectivity index (χ1) is 9.36. The zero-order valence-electron chi connectivity index (χ0n) is 12.1. The summed E-state index contributed by atoms with van der Waals surface area (Å²) in [5.74, 6) is 0.689. The molecule has 0 aromatic carbocycles. The minimum Gasteiger partial charge on any atom is -0.303 e. The van der Waals surface area contributed by atoms with Crippen molar-refractivity contribution in [3.8, 4) is 0 Å². The van der Waals surface area contributed by atoms with Gasteiger partial charge in [0.1, 0.15) is 0 Å². The minimum atomic E-state index is 0.579. The molecule has 0 spiro atoms. The molecule has 4 nitrogen and oxygen atoms in total. The van der Waals surface area contributed by atoms with Gasteiger partial charge in [-0.3, -0.25) is 0 Å². The molecular weight excluding hydrogens is 236 g/mol. The highest BCUT2D eigenvalue weighted by atomic mass is 15.4. The summed E-state index contributed by atoms with van der Waals surface area (Å²) < 4.78 is 2.15. The maximum absolute atomic E-state index is 4.43. The molecule has 0 bridgehead atoms. The third kappa shape index (κ3) is 2.99. The Morgan fingerprint density at radius 2 is 1.89 bits per heavy atom. The first-order valence-electron chi connectivity index (χ1n) is 8.01. The number of rotatable bonds is 4. The Bertz CT molecular complexity index is 387. The number of piperidine rings is 1. The molecule has 19 heavy (non-hydrogen) atoms. The molecule has 1 aromatic heterocycles. The second-order valence-electron chi connectivity index (χ2n) is 6.18. The molecule has 1 aliphatic heterocycles. The van der Waals surface area contributed by atoms with Crippen LogP contribution in [-0.4, -0.2) is 39.5 Å². The summed E-state index contributed by atoms with van der Waals surface area (Å²) in [5.41, 5.74) is 1.24. The van der Waals surface area contributed by atoms with Crippen molar-refractivity contribution in [3.05, 3.63) is 11.9 Å². The second-order valence-corrected chi connectivity index (χ2v) is 6.18. The van der Waals surface area contributed by atoms with Crippen molar-refractivity contribution in [2.75, 3.05) is 19.6 Å². The number of likely N-dealkylation sites (tertiary alicyclic amines) is 1. The molecule has 0 radical (unpaired) electrons. The first-order valence-corrected chi connectivity index (χ1v) is 8.01. The zero-order valence-corrected chi connectivity index (χ0v) is 12.1. The van der Waals surface area contributed by atoms with Gasteiger partial charge in [-0.05, 0) is 38.6 Å². The molecular formula is C15H26N4. The largest absolute Gasteiger partial charge is 0.303 e. The van der Waals surface area contributed by atoms with Crippen molar-refractivity contribution in [3.63, 3.8) is 0 Å². The summed E-state index contributed by atoms with van der Waals surface area (Å²) in [6, 6.07) is 0.579. The monoisotopic (exact) mass is 262 g/mol. The van der Waals surface area contributed by atoms with E-state index in [0.29, 0.717) is 12.0 Å². The molecule has 1 saturated heterocycles. The smallest absolute Gasteiger partial charge is 0.0858 e.